The fourth-order valence-electron chi connectivity index (χ4n) is 1.65. The Labute approximate surface area is 121 Å². The van der Waals surface area contributed by atoms with Crippen LogP contribution in [-0.2, 0) is 16.0 Å². The molecule has 0 spiro atoms. The molecule has 0 unspecified atom stereocenters. The van der Waals surface area contributed by atoms with Gasteiger partial charge in [0.1, 0.15) is 11.9 Å². The van der Waals surface area contributed by atoms with Crippen molar-refractivity contribution in [1.29, 1.82) is 0 Å². The molecule has 1 aromatic rings. The number of imidazole rings is 1. The summed E-state index contributed by atoms with van der Waals surface area (Å²) >= 11 is 0. The number of carboxylic acid groups (broad SMARTS) is 1. The van der Waals surface area contributed by atoms with Crippen LogP contribution < -0.4 is 16.4 Å². The number of aryl methyl sites for hydroxylation is 1. The highest BCUT2D eigenvalue weighted by atomic mass is 16.4. The van der Waals surface area contributed by atoms with Crippen molar-refractivity contribution in [2.45, 2.75) is 31.7 Å². The van der Waals surface area contributed by atoms with Crippen molar-refractivity contribution in [3.05, 3.63) is 18.2 Å². The van der Waals surface area contributed by atoms with Gasteiger partial charge in [-0.1, -0.05) is 0 Å². The molecule has 3 amide bonds. The summed E-state index contributed by atoms with van der Waals surface area (Å²) in [7, 11) is 0. The second-order valence-electron chi connectivity index (χ2n) is 4.44. The van der Waals surface area contributed by atoms with Crippen LogP contribution in [0, 0.1) is 0 Å². The molecule has 1 aromatic heterocycles. The predicted octanol–water partition coefficient (Wildman–Crippen LogP) is -0.640. The molecule has 1 atom stereocenters. The quantitative estimate of drug-likeness (QED) is 0.384. The number of aliphatic carboxylic acids is 1. The molecular formula is C12H19N5O4. The molecule has 1 rings (SSSR count). The van der Waals surface area contributed by atoms with Gasteiger partial charge in [0.2, 0.25) is 5.91 Å². The van der Waals surface area contributed by atoms with Gasteiger partial charge in [0.15, 0.2) is 0 Å². The number of hydrogen-bond donors (Lipinski definition) is 5. The number of primary amides is 1. The Morgan fingerprint density at radius 1 is 1.43 bits per heavy atom. The van der Waals surface area contributed by atoms with Gasteiger partial charge in [-0.05, 0) is 12.8 Å². The Balaban J connectivity index is 2.23. The van der Waals surface area contributed by atoms with E-state index in [0.717, 1.165) is 5.82 Å². The Bertz CT molecular complexity index is 474. The van der Waals surface area contributed by atoms with Crippen LogP contribution in [0.2, 0.25) is 0 Å². The van der Waals surface area contributed by atoms with Crippen molar-refractivity contribution >= 4 is 17.9 Å². The number of carboxylic acids is 1. The molecule has 0 saturated heterocycles. The van der Waals surface area contributed by atoms with Crippen molar-refractivity contribution in [3.8, 4) is 0 Å². The molecule has 0 bridgehead atoms. The van der Waals surface area contributed by atoms with Gasteiger partial charge in [-0.3, -0.25) is 4.79 Å². The van der Waals surface area contributed by atoms with Crippen molar-refractivity contribution in [1.82, 2.24) is 20.6 Å². The van der Waals surface area contributed by atoms with E-state index < -0.39 is 23.9 Å². The van der Waals surface area contributed by atoms with Gasteiger partial charge in [0.05, 0.1) is 0 Å². The number of carbonyl (C=O) groups is 3. The molecule has 0 fully saturated rings. The lowest BCUT2D eigenvalue weighted by molar-refractivity contribution is -0.139. The monoisotopic (exact) mass is 297 g/mol. The lowest BCUT2D eigenvalue weighted by Crippen LogP contribution is -2.46. The lowest BCUT2D eigenvalue weighted by Gasteiger charge is -2.14. The average Bonchev–Trinajstić information content (AvgIpc) is 2.92. The minimum absolute atomic E-state index is 0.0372. The fraction of sp³-hybridized carbons (Fsp3) is 0.500. The van der Waals surface area contributed by atoms with Gasteiger partial charge >= 0.3 is 12.0 Å². The number of carbonyl (C=O) groups excluding carboxylic acids is 2. The molecule has 6 N–H and O–H groups in total. The van der Waals surface area contributed by atoms with E-state index in [9.17, 15) is 14.4 Å². The molecule has 9 nitrogen and oxygen atoms in total. The maximum absolute atomic E-state index is 11.5. The first kappa shape index (κ1) is 16.5. The molecule has 116 valence electrons. The molecule has 0 aliphatic carbocycles. The Kier molecular flexibility index (Phi) is 6.72. The molecule has 0 aliphatic heterocycles. The van der Waals surface area contributed by atoms with Gasteiger partial charge in [-0.2, -0.15) is 0 Å². The van der Waals surface area contributed by atoms with E-state index in [0.29, 0.717) is 19.4 Å². The summed E-state index contributed by atoms with van der Waals surface area (Å²) in [6.07, 6.45) is 4.56. The number of urea groups is 1. The maximum atomic E-state index is 11.5. The lowest BCUT2D eigenvalue weighted by atomic mass is 10.1. The topological polar surface area (TPSA) is 150 Å². The van der Waals surface area contributed by atoms with Crippen LogP contribution in [0.4, 0.5) is 4.79 Å². The number of H-pyrrole nitrogens is 1. The summed E-state index contributed by atoms with van der Waals surface area (Å²) in [5, 5.41) is 13.8. The molecule has 9 heteroatoms. The molecule has 0 saturated carbocycles. The molecule has 0 aliphatic rings. The Morgan fingerprint density at radius 3 is 2.76 bits per heavy atom. The zero-order valence-electron chi connectivity index (χ0n) is 11.5. The minimum Gasteiger partial charge on any atom is -0.480 e. The molecule has 1 heterocycles. The number of amides is 3. The van der Waals surface area contributed by atoms with Crippen LogP contribution >= 0.6 is 0 Å². The summed E-state index contributed by atoms with van der Waals surface area (Å²) < 4.78 is 0. The van der Waals surface area contributed by atoms with Gasteiger partial charge < -0.3 is 26.5 Å². The van der Waals surface area contributed by atoms with E-state index in [1.54, 1.807) is 12.4 Å². The number of nitrogens with two attached hydrogens (primary N) is 1. The van der Waals surface area contributed by atoms with Crippen molar-refractivity contribution in [2.75, 3.05) is 6.54 Å². The first-order valence-corrected chi connectivity index (χ1v) is 6.52. The molecular weight excluding hydrogens is 278 g/mol. The summed E-state index contributed by atoms with van der Waals surface area (Å²) in [4.78, 5) is 40.1. The van der Waals surface area contributed by atoms with Crippen molar-refractivity contribution in [2.24, 2.45) is 5.73 Å². The van der Waals surface area contributed by atoms with E-state index in [1.807, 2.05) is 0 Å². The molecule has 21 heavy (non-hydrogen) atoms. The second-order valence-corrected chi connectivity index (χ2v) is 4.44. The third-order valence-electron chi connectivity index (χ3n) is 2.71. The van der Waals surface area contributed by atoms with Gasteiger partial charge in [-0.25, -0.2) is 14.6 Å². The van der Waals surface area contributed by atoms with E-state index in [1.165, 1.54) is 0 Å². The fourth-order valence-corrected chi connectivity index (χ4v) is 1.65. The van der Waals surface area contributed by atoms with Gasteiger partial charge in [0, 0.05) is 31.8 Å². The first-order chi connectivity index (χ1) is 9.99. The van der Waals surface area contributed by atoms with Gasteiger partial charge in [-0.15, -0.1) is 0 Å². The smallest absolute Gasteiger partial charge is 0.326 e. The van der Waals surface area contributed by atoms with Crippen LogP contribution in [0.5, 0.6) is 0 Å². The Morgan fingerprint density at radius 2 is 2.19 bits per heavy atom. The summed E-state index contributed by atoms with van der Waals surface area (Å²) in [5.74, 6) is -0.994. The van der Waals surface area contributed by atoms with Crippen molar-refractivity contribution in [3.63, 3.8) is 0 Å². The summed E-state index contributed by atoms with van der Waals surface area (Å²) in [6.45, 7) is 0.384. The third-order valence-corrected chi connectivity index (χ3v) is 2.71. The number of nitrogens with one attached hydrogen (secondary N) is 3. The number of hydrogen-bond acceptors (Lipinski definition) is 4. The van der Waals surface area contributed by atoms with Crippen LogP contribution in [0.1, 0.15) is 25.1 Å². The number of aromatic nitrogens is 2. The first-order valence-electron chi connectivity index (χ1n) is 6.52. The van der Waals surface area contributed by atoms with Crippen LogP contribution in [-0.4, -0.2) is 45.6 Å². The molecule has 0 radical (unpaired) electrons. The van der Waals surface area contributed by atoms with E-state index in [-0.39, 0.29) is 12.8 Å². The number of rotatable bonds is 9. The van der Waals surface area contributed by atoms with Crippen LogP contribution in [0.25, 0.3) is 0 Å². The van der Waals surface area contributed by atoms with Crippen LogP contribution in [0.15, 0.2) is 12.4 Å². The number of aromatic amines is 1. The highest BCUT2D eigenvalue weighted by Crippen LogP contribution is 1.97. The normalized spacial score (nSPS) is 11.6. The van der Waals surface area contributed by atoms with E-state index in [2.05, 4.69) is 20.6 Å². The largest absolute Gasteiger partial charge is 0.480 e. The predicted molar refractivity (Wildman–Crippen MR) is 73.3 cm³/mol. The Hall–Kier alpha value is -2.58. The SMILES string of the molecule is NC(=O)CC[C@@H](NC(=O)NCCCc1ncc[nH]1)C(=O)O. The van der Waals surface area contributed by atoms with Crippen LogP contribution in [0.3, 0.4) is 0 Å². The van der Waals surface area contributed by atoms with Gasteiger partial charge in [0.25, 0.3) is 0 Å². The zero-order chi connectivity index (χ0) is 15.7. The standard InChI is InChI=1S/C12H19N5O4/c13-9(18)4-3-8(11(19)20)17-12(21)16-5-1-2-10-14-6-7-15-10/h6-8H,1-5H2,(H2,13,18)(H,14,15)(H,19,20)(H2,16,17,21)/t8-/m1/s1. The second kappa shape index (κ2) is 8.56. The minimum atomic E-state index is -1.21. The average molecular weight is 297 g/mol. The van der Waals surface area contributed by atoms with E-state index >= 15 is 0 Å². The highest BCUT2D eigenvalue weighted by Gasteiger charge is 2.20. The zero-order valence-corrected chi connectivity index (χ0v) is 11.5. The van der Waals surface area contributed by atoms with Crippen molar-refractivity contribution < 1.29 is 19.5 Å². The highest BCUT2D eigenvalue weighted by molar-refractivity contribution is 5.83. The maximum Gasteiger partial charge on any atom is 0.326 e. The summed E-state index contributed by atoms with van der Waals surface area (Å²) in [6, 6.07) is -1.73. The number of nitrogens with zero attached hydrogens (tertiary/aromatic N) is 1. The third kappa shape index (κ3) is 6.95. The molecule has 0 aromatic carbocycles. The van der Waals surface area contributed by atoms with E-state index in [4.69, 9.17) is 10.8 Å². The summed E-state index contributed by atoms with van der Waals surface area (Å²) in [5.41, 5.74) is 4.95.